The number of rotatable bonds is 1. The van der Waals surface area contributed by atoms with Crippen LogP contribution in [0, 0.1) is 4.64 Å². The Labute approximate surface area is 103 Å². The van der Waals surface area contributed by atoms with Crippen LogP contribution in [0.15, 0.2) is 48.9 Å². The maximum Gasteiger partial charge on any atom is 0.122 e. The SMILES string of the molecule is S=c1cncc(-c2ccc3ncccc3c2)[nH]1. The second kappa shape index (κ2) is 4.07. The Morgan fingerprint density at radius 2 is 2.06 bits per heavy atom. The van der Waals surface area contributed by atoms with Gasteiger partial charge in [0.2, 0.25) is 0 Å². The van der Waals surface area contributed by atoms with Crippen LogP contribution < -0.4 is 0 Å². The Morgan fingerprint density at radius 1 is 1.12 bits per heavy atom. The second-order valence-corrected chi connectivity index (χ2v) is 4.16. The summed E-state index contributed by atoms with van der Waals surface area (Å²) in [6.07, 6.45) is 5.19. The van der Waals surface area contributed by atoms with Crippen LogP contribution in [0.5, 0.6) is 0 Å². The zero-order valence-electron chi connectivity index (χ0n) is 8.92. The number of aromatic nitrogens is 3. The van der Waals surface area contributed by atoms with Crippen LogP contribution in [0.3, 0.4) is 0 Å². The number of nitrogens with one attached hydrogen (secondary N) is 1. The molecule has 0 spiro atoms. The van der Waals surface area contributed by atoms with Gasteiger partial charge in [0, 0.05) is 17.1 Å². The molecular formula is C13H9N3S. The van der Waals surface area contributed by atoms with Gasteiger partial charge in [-0.1, -0.05) is 24.4 Å². The van der Waals surface area contributed by atoms with E-state index in [0.717, 1.165) is 22.2 Å². The third-order valence-electron chi connectivity index (χ3n) is 2.57. The molecule has 82 valence electrons. The van der Waals surface area contributed by atoms with Crippen LogP contribution in [0.4, 0.5) is 0 Å². The summed E-state index contributed by atoms with van der Waals surface area (Å²) in [7, 11) is 0. The van der Waals surface area contributed by atoms with Crippen LogP contribution in [-0.2, 0) is 0 Å². The number of aromatic amines is 1. The van der Waals surface area contributed by atoms with Gasteiger partial charge in [-0.25, -0.2) is 0 Å². The number of nitrogens with zero attached hydrogens (tertiary/aromatic N) is 2. The third-order valence-corrected chi connectivity index (χ3v) is 2.77. The molecule has 0 atom stereocenters. The molecule has 0 fully saturated rings. The number of pyridine rings is 1. The summed E-state index contributed by atoms with van der Waals surface area (Å²) in [5, 5.41) is 1.10. The molecule has 0 amide bonds. The van der Waals surface area contributed by atoms with E-state index in [1.165, 1.54) is 0 Å². The molecule has 1 N–H and O–H groups in total. The van der Waals surface area contributed by atoms with E-state index in [1.54, 1.807) is 18.6 Å². The van der Waals surface area contributed by atoms with Crippen molar-refractivity contribution in [3.05, 3.63) is 53.6 Å². The smallest absolute Gasteiger partial charge is 0.122 e. The van der Waals surface area contributed by atoms with E-state index in [-0.39, 0.29) is 0 Å². The van der Waals surface area contributed by atoms with Crippen LogP contribution in [-0.4, -0.2) is 15.0 Å². The Balaban J connectivity index is 2.21. The van der Waals surface area contributed by atoms with Crippen LogP contribution in [0.1, 0.15) is 0 Å². The molecule has 0 aliphatic carbocycles. The molecule has 0 unspecified atom stereocenters. The van der Waals surface area contributed by atoms with Gasteiger partial charge < -0.3 is 4.98 Å². The van der Waals surface area contributed by atoms with Gasteiger partial charge in [0.1, 0.15) is 4.64 Å². The number of fused-ring (bicyclic) bond motifs is 1. The van der Waals surface area contributed by atoms with E-state index >= 15 is 0 Å². The van der Waals surface area contributed by atoms with Crippen LogP contribution >= 0.6 is 12.2 Å². The highest BCUT2D eigenvalue weighted by atomic mass is 32.1. The van der Waals surface area contributed by atoms with E-state index in [4.69, 9.17) is 12.2 Å². The maximum absolute atomic E-state index is 5.07. The highest BCUT2D eigenvalue weighted by Gasteiger charge is 2.00. The molecule has 0 bridgehead atoms. The van der Waals surface area contributed by atoms with Gasteiger partial charge in [-0.05, 0) is 18.2 Å². The highest BCUT2D eigenvalue weighted by Crippen LogP contribution is 2.20. The van der Waals surface area contributed by atoms with Crippen molar-refractivity contribution in [1.82, 2.24) is 15.0 Å². The number of H-pyrrole nitrogens is 1. The first-order valence-electron chi connectivity index (χ1n) is 5.22. The van der Waals surface area contributed by atoms with Crippen molar-refractivity contribution in [2.24, 2.45) is 0 Å². The summed E-state index contributed by atoms with van der Waals surface area (Å²) in [5.74, 6) is 0. The molecule has 4 heteroatoms. The molecule has 3 aromatic rings. The molecule has 0 aliphatic rings. The van der Waals surface area contributed by atoms with Gasteiger partial charge in [-0.15, -0.1) is 0 Å². The third kappa shape index (κ3) is 1.94. The first-order valence-corrected chi connectivity index (χ1v) is 5.63. The Kier molecular flexibility index (Phi) is 2.42. The van der Waals surface area contributed by atoms with Crippen molar-refractivity contribution >= 4 is 23.1 Å². The minimum absolute atomic E-state index is 0.633. The first-order chi connectivity index (χ1) is 8.33. The predicted molar refractivity (Wildman–Crippen MR) is 70.2 cm³/mol. The summed E-state index contributed by atoms with van der Waals surface area (Å²) in [6, 6.07) is 10.0. The average Bonchev–Trinajstić information content (AvgIpc) is 2.38. The summed E-state index contributed by atoms with van der Waals surface area (Å²) in [6.45, 7) is 0. The average molecular weight is 239 g/mol. The van der Waals surface area contributed by atoms with Gasteiger partial charge in [0.15, 0.2) is 0 Å². The second-order valence-electron chi connectivity index (χ2n) is 3.72. The normalized spacial score (nSPS) is 10.6. The van der Waals surface area contributed by atoms with Crippen LogP contribution in [0.25, 0.3) is 22.2 Å². The fourth-order valence-electron chi connectivity index (χ4n) is 1.77. The fourth-order valence-corrected chi connectivity index (χ4v) is 1.94. The quantitative estimate of drug-likeness (QED) is 0.662. The molecule has 3 rings (SSSR count). The van der Waals surface area contributed by atoms with Gasteiger partial charge in [-0.2, -0.15) is 0 Å². The molecule has 2 heterocycles. The molecule has 0 aliphatic heterocycles. The van der Waals surface area contributed by atoms with Crippen molar-refractivity contribution in [2.45, 2.75) is 0 Å². The lowest BCUT2D eigenvalue weighted by Gasteiger charge is -2.03. The number of hydrogen-bond acceptors (Lipinski definition) is 3. The summed E-state index contributed by atoms with van der Waals surface area (Å²) < 4.78 is 0.633. The highest BCUT2D eigenvalue weighted by molar-refractivity contribution is 7.71. The van der Waals surface area contributed by atoms with Crippen molar-refractivity contribution in [1.29, 1.82) is 0 Å². The molecule has 2 aromatic heterocycles. The van der Waals surface area contributed by atoms with Gasteiger partial charge >= 0.3 is 0 Å². The zero-order valence-corrected chi connectivity index (χ0v) is 9.74. The minimum atomic E-state index is 0.633. The van der Waals surface area contributed by atoms with Gasteiger partial charge in [-0.3, -0.25) is 9.97 Å². The monoisotopic (exact) mass is 239 g/mol. The van der Waals surface area contributed by atoms with Crippen molar-refractivity contribution in [3.8, 4) is 11.3 Å². The van der Waals surface area contributed by atoms with E-state index in [1.807, 2.05) is 24.3 Å². The van der Waals surface area contributed by atoms with Crippen molar-refractivity contribution in [3.63, 3.8) is 0 Å². The summed E-state index contributed by atoms with van der Waals surface area (Å²) in [5.41, 5.74) is 2.96. The minimum Gasteiger partial charge on any atom is -0.344 e. The van der Waals surface area contributed by atoms with Crippen molar-refractivity contribution in [2.75, 3.05) is 0 Å². The first kappa shape index (κ1) is 10.1. The summed E-state index contributed by atoms with van der Waals surface area (Å²) in [4.78, 5) is 11.5. The van der Waals surface area contributed by atoms with E-state index in [9.17, 15) is 0 Å². The van der Waals surface area contributed by atoms with Gasteiger partial charge in [0.05, 0.1) is 23.6 Å². The van der Waals surface area contributed by atoms with E-state index in [2.05, 4.69) is 21.0 Å². The molecule has 0 saturated carbocycles. The number of benzene rings is 1. The van der Waals surface area contributed by atoms with Gasteiger partial charge in [0.25, 0.3) is 0 Å². The van der Waals surface area contributed by atoms with E-state index < -0.39 is 0 Å². The largest absolute Gasteiger partial charge is 0.344 e. The predicted octanol–water partition coefficient (Wildman–Crippen LogP) is 3.35. The lowest BCUT2D eigenvalue weighted by molar-refractivity contribution is 1.19. The number of hydrogen-bond donors (Lipinski definition) is 1. The van der Waals surface area contributed by atoms with Crippen LogP contribution in [0.2, 0.25) is 0 Å². The standard InChI is InChI=1S/C13H9N3S/c17-13-8-14-7-12(16-13)10-3-4-11-9(6-10)2-1-5-15-11/h1-8H,(H,16,17). The molecule has 17 heavy (non-hydrogen) atoms. The fraction of sp³-hybridized carbons (Fsp3) is 0. The Morgan fingerprint density at radius 3 is 2.94 bits per heavy atom. The maximum atomic E-state index is 5.07. The molecule has 1 aromatic carbocycles. The Bertz CT molecular complexity index is 734. The molecule has 3 nitrogen and oxygen atoms in total. The lowest BCUT2D eigenvalue weighted by atomic mass is 10.1. The van der Waals surface area contributed by atoms with Crippen molar-refractivity contribution < 1.29 is 0 Å². The topological polar surface area (TPSA) is 41.6 Å². The molecule has 0 radical (unpaired) electrons. The Hall–Kier alpha value is -2.07. The lowest BCUT2D eigenvalue weighted by Crippen LogP contribution is -1.86. The zero-order chi connectivity index (χ0) is 11.7. The molecule has 0 saturated heterocycles. The van der Waals surface area contributed by atoms with E-state index in [0.29, 0.717) is 4.64 Å². The molecular weight excluding hydrogens is 230 g/mol. The summed E-state index contributed by atoms with van der Waals surface area (Å²) >= 11 is 5.07.